The summed E-state index contributed by atoms with van der Waals surface area (Å²) in [5.41, 5.74) is -0.512. The zero-order valence-electron chi connectivity index (χ0n) is 10.5. The zero-order valence-corrected chi connectivity index (χ0v) is 11.3. The van der Waals surface area contributed by atoms with E-state index >= 15 is 0 Å². The molecule has 0 saturated heterocycles. The smallest absolute Gasteiger partial charge is 0.338 e. The monoisotopic (exact) mass is 311 g/mol. The van der Waals surface area contributed by atoms with E-state index in [2.05, 4.69) is 0 Å². The van der Waals surface area contributed by atoms with Gasteiger partial charge in [0.25, 0.3) is 0 Å². The van der Waals surface area contributed by atoms with Crippen molar-refractivity contribution in [1.82, 2.24) is 0 Å². The van der Waals surface area contributed by atoms with Crippen LogP contribution in [0.2, 0.25) is 0 Å². The Balaban J connectivity index is 2.40. The van der Waals surface area contributed by atoms with E-state index in [1.54, 1.807) is 0 Å². The normalized spacial score (nSPS) is 11.1. The molecule has 21 heavy (non-hydrogen) atoms. The number of benzene rings is 2. The van der Waals surface area contributed by atoms with Gasteiger partial charge in [-0.3, -0.25) is 0 Å². The lowest BCUT2D eigenvalue weighted by atomic mass is 10.2. The molecule has 2 aromatic carbocycles. The summed E-state index contributed by atoms with van der Waals surface area (Å²) in [5, 5.41) is 13.8. The van der Waals surface area contributed by atoms with Gasteiger partial charge in [0.2, 0.25) is 10.0 Å². The number of carboxylic acid groups (broad SMARTS) is 1. The van der Waals surface area contributed by atoms with Gasteiger partial charge < -0.3 is 9.84 Å². The maximum absolute atomic E-state index is 13.5. The molecular weight excluding hydrogens is 301 g/mol. The van der Waals surface area contributed by atoms with Crippen molar-refractivity contribution in [3.63, 3.8) is 0 Å². The Hall–Kier alpha value is -2.45. The maximum atomic E-state index is 13.5. The van der Waals surface area contributed by atoms with Crippen LogP contribution < -0.4 is 9.88 Å². The second-order valence-electron chi connectivity index (χ2n) is 4.04. The number of nitrogens with two attached hydrogens (primary N) is 1. The van der Waals surface area contributed by atoms with Crippen LogP contribution in [-0.4, -0.2) is 19.5 Å². The average Bonchev–Trinajstić information content (AvgIpc) is 2.37. The predicted molar refractivity (Wildman–Crippen MR) is 71.2 cm³/mol. The van der Waals surface area contributed by atoms with Gasteiger partial charge in [-0.15, -0.1) is 0 Å². The molecule has 6 nitrogen and oxygen atoms in total. The van der Waals surface area contributed by atoms with Crippen molar-refractivity contribution in [3.05, 3.63) is 53.8 Å². The fourth-order valence-electron chi connectivity index (χ4n) is 1.63. The van der Waals surface area contributed by atoms with Crippen LogP contribution >= 0.6 is 0 Å². The third kappa shape index (κ3) is 3.36. The van der Waals surface area contributed by atoms with Crippen LogP contribution in [0.1, 0.15) is 10.4 Å². The third-order valence-electron chi connectivity index (χ3n) is 2.55. The summed E-state index contributed by atoms with van der Waals surface area (Å²) in [6.45, 7) is 0. The Morgan fingerprint density at radius 3 is 2.43 bits per heavy atom. The quantitative estimate of drug-likeness (QED) is 0.897. The van der Waals surface area contributed by atoms with Gasteiger partial charge >= 0.3 is 5.97 Å². The molecule has 0 aliphatic carbocycles. The van der Waals surface area contributed by atoms with E-state index < -0.39 is 27.4 Å². The van der Waals surface area contributed by atoms with E-state index in [1.807, 2.05) is 0 Å². The molecule has 0 bridgehead atoms. The topological polar surface area (TPSA) is 107 Å². The Kier molecular flexibility index (Phi) is 3.92. The highest BCUT2D eigenvalue weighted by Gasteiger charge is 2.16. The lowest BCUT2D eigenvalue weighted by Crippen LogP contribution is -2.13. The largest absolute Gasteiger partial charge is 0.478 e. The van der Waals surface area contributed by atoms with Crippen molar-refractivity contribution in [2.45, 2.75) is 4.90 Å². The number of hydrogen-bond acceptors (Lipinski definition) is 4. The number of ether oxygens (including phenoxy) is 1. The number of para-hydroxylation sites is 1. The standard InChI is InChI=1S/C13H10FNO5S/c14-10-7-8(5-6-9(10)13(16)17)20-11-3-1-2-4-12(11)21(15,18)19/h1-7H,(H,16,17)(H2,15,18,19). The summed E-state index contributed by atoms with van der Waals surface area (Å²) in [6, 6.07) is 8.66. The molecule has 2 aromatic rings. The summed E-state index contributed by atoms with van der Waals surface area (Å²) in [4.78, 5) is 10.4. The third-order valence-corrected chi connectivity index (χ3v) is 3.50. The molecule has 2 rings (SSSR count). The molecular formula is C13H10FNO5S. The van der Waals surface area contributed by atoms with Crippen LogP contribution in [-0.2, 0) is 10.0 Å². The van der Waals surface area contributed by atoms with Gasteiger partial charge in [0.15, 0.2) is 0 Å². The molecule has 8 heteroatoms. The zero-order chi connectivity index (χ0) is 15.6. The van der Waals surface area contributed by atoms with Gasteiger partial charge in [-0.25, -0.2) is 22.7 Å². The summed E-state index contributed by atoms with van der Waals surface area (Å²) < 4.78 is 41.6. The van der Waals surface area contributed by atoms with Gasteiger partial charge in [-0.2, -0.15) is 0 Å². The van der Waals surface area contributed by atoms with Crippen molar-refractivity contribution in [3.8, 4) is 11.5 Å². The highest BCUT2D eigenvalue weighted by molar-refractivity contribution is 7.89. The molecule has 0 radical (unpaired) electrons. The summed E-state index contributed by atoms with van der Waals surface area (Å²) in [5.74, 6) is -2.53. The number of sulfonamides is 1. The number of primary sulfonamides is 1. The fourth-order valence-corrected chi connectivity index (χ4v) is 2.29. The van der Waals surface area contributed by atoms with Gasteiger partial charge in [0.1, 0.15) is 22.2 Å². The fraction of sp³-hybridized carbons (Fsp3) is 0. The van der Waals surface area contributed by atoms with Gasteiger partial charge in [-0.05, 0) is 24.3 Å². The van der Waals surface area contributed by atoms with E-state index in [4.69, 9.17) is 15.0 Å². The Morgan fingerprint density at radius 1 is 1.19 bits per heavy atom. The number of carbonyl (C=O) groups is 1. The minimum Gasteiger partial charge on any atom is -0.478 e. The SMILES string of the molecule is NS(=O)(=O)c1ccccc1Oc1ccc(C(=O)O)c(F)c1. The number of aromatic carboxylic acids is 1. The van der Waals surface area contributed by atoms with Crippen LogP contribution in [0.15, 0.2) is 47.4 Å². The first-order valence-corrected chi connectivity index (χ1v) is 7.16. The summed E-state index contributed by atoms with van der Waals surface area (Å²) in [7, 11) is -4.00. The van der Waals surface area contributed by atoms with Crippen LogP contribution in [0.3, 0.4) is 0 Å². The molecule has 0 spiro atoms. The molecule has 0 atom stereocenters. The Labute approximate surface area is 119 Å². The number of rotatable bonds is 4. The lowest BCUT2D eigenvalue weighted by molar-refractivity contribution is 0.0692. The van der Waals surface area contributed by atoms with Crippen molar-refractivity contribution in [1.29, 1.82) is 0 Å². The number of halogens is 1. The number of hydrogen-bond donors (Lipinski definition) is 2. The van der Waals surface area contributed by atoms with E-state index in [-0.39, 0.29) is 16.4 Å². The molecule has 0 amide bonds. The Morgan fingerprint density at radius 2 is 1.86 bits per heavy atom. The molecule has 3 N–H and O–H groups in total. The van der Waals surface area contributed by atoms with Crippen LogP contribution in [0.5, 0.6) is 11.5 Å². The van der Waals surface area contributed by atoms with Crippen molar-refractivity contribution >= 4 is 16.0 Å². The molecule has 0 fully saturated rings. The molecule has 0 saturated carbocycles. The molecule has 0 aliphatic heterocycles. The summed E-state index contributed by atoms with van der Waals surface area (Å²) in [6.07, 6.45) is 0. The molecule has 0 heterocycles. The van der Waals surface area contributed by atoms with Crippen LogP contribution in [0.4, 0.5) is 4.39 Å². The van der Waals surface area contributed by atoms with Crippen LogP contribution in [0.25, 0.3) is 0 Å². The highest BCUT2D eigenvalue weighted by Crippen LogP contribution is 2.28. The van der Waals surface area contributed by atoms with Gasteiger partial charge in [0, 0.05) is 6.07 Å². The minimum absolute atomic E-state index is 0.0476. The van der Waals surface area contributed by atoms with Gasteiger partial charge in [-0.1, -0.05) is 12.1 Å². The molecule has 0 unspecified atom stereocenters. The van der Waals surface area contributed by atoms with Crippen LogP contribution in [0, 0.1) is 5.82 Å². The predicted octanol–water partition coefficient (Wildman–Crippen LogP) is 1.96. The summed E-state index contributed by atoms with van der Waals surface area (Å²) >= 11 is 0. The van der Waals surface area contributed by atoms with Gasteiger partial charge in [0.05, 0.1) is 5.56 Å². The number of carboxylic acids is 1. The second-order valence-corrected chi connectivity index (χ2v) is 5.57. The molecule has 110 valence electrons. The highest BCUT2D eigenvalue weighted by atomic mass is 32.2. The van der Waals surface area contributed by atoms with E-state index in [0.717, 1.165) is 12.1 Å². The first-order chi connectivity index (χ1) is 9.79. The second kappa shape index (κ2) is 5.51. The van der Waals surface area contributed by atoms with Crippen molar-refractivity contribution in [2.24, 2.45) is 5.14 Å². The van der Waals surface area contributed by atoms with Crippen molar-refractivity contribution < 1.29 is 27.4 Å². The first kappa shape index (κ1) is 14.9. The van der Waals surface area contributed by atoms with Crippen molar-refractivity contribution in [2.75, 3.05) is 0 Å². The first-order valence-electron chi connectivity index (χ1n) is 5.61. The Bertz CT molecular complexity index is 804. The van der Waals surface area contributed by atoms with E-state index in [1.165, 1.54) is 30.3 Å². The van der Waals surface area contributed by atoms with E-state index in [0.29, 0.717) is 0 Å². The average molecular weight is 311 g/mol. The lowest BCUT2D eigenvalue weighted by Gasteiger charge is -2.10. The maximum Gasteiger partial charge on any atom is 0.338 e. The minimum atomic E-state index is -4.00. The molecule has 0 aromatic heterocycles. The van der Waals surface area contributed by atoms with E-state index in [9.17, 15) is 17.6 Å². The molecule has 0 aliphatic rings.